The summed E-state index contributed by atoms with van der Waals surface area (Å²) in [7, 11) is 1.28. The van der Waals surface area contributed by atoms with Crippen LogP contribution in [0.25, 0.3) is 10.1 Å². The minimum absolute atomic E-state index is 0.00435. The summed E-state index contributed by atoms with van der Waals surface area (Å²) in [5, 5.41) is 4.99. The van der Waals surface area contributed by atoms with Gasteiger partial charge in [-0.05, 0) is 29.7 Å². The summed E-state index contributed by atoms with van der Waals surface area (Å²) in [6.07, 6.45) is 0.00435. The van der Waals surface area contributed by atoms with Crippen LogP contribution in [0.15, 0.2) is 29.6 Å². The Morgan fingerprint density at radius 2 is 2.07 bits per heavy atom. The third-order valence-corrected chi connectivity index (χ3v) is 5.27. The van der Waals surface area contributed by atoms with Gasteiger partial charge in [0, 0.05) is 10.1 Å². The zero-order valence-electron chi connectivity index (χ0n) is 14.0. The lowest BCUT2D eigenvalue weighted by atomic mass is 10.2. The van der Waals surface area contributed by atoms with Crippen LogP contribution in [0.4, 0.5) is 9.52 Å². The molecule has 0 bridgehead atoms. The molecule has 0 unspecified atom stereocenters. The Balaban J connectivity index is 1.53. The number of hydrogen-bond acceptors (Lipinski definition) is 8. The summed E-state index contributed by atoms with van der Waals surface area (Å²) in [5.74, 6) is -2.06. The highest BCUT2D eigenvalue weighted by molar-refractivity contribution is 7.20. The average Bonchev–Trinajstić information content (AvgIpc) is 3.25. The number of thiazole rings is 1. The van der Waals surface area contributed by atoms with Gasteiger partial charge in [-0.3, -0.25) is 14.9 Å². The Kier molecular flexibility index (Phi) is 5.77. The number of aromatic nitrogens is 1. The van der Waals surface area contributed by atoms with Gasteiger partial charge in [0.15, 0.2) is 11.7 Å². The number of benzene rings is 1. The first-order valence-electron chi connectivity index (χ1n) is 7.62. The van der Waals surface area contributed by atoms with Gasteiger partial charge in [-0.2, -0.15) is 0 Å². The Hall–Kier alpha value is -2.85. The van der Waals surface area contributed by atoms with Crippen molar-refractivity contribution in [3.63, 3.8) is 0 Å². The molecule has 2 heterocycles. The summed E-state index contributed by atoms with van der Waals surface area (Å²) in [6, 6.07) is 5.73. The van der Waals surface area contributed by atoms with E-state index in [1.165, 1.54) is 25.3 Å². The van der Waals surface area contributed by atoms with E-state index in [-0.39, 0.29) is 16.4 Å². The minimum atomic E-state index is -0.669. The largest absolute Gasteiger partial charge is 0.469 e. The van der Waals surface area contributed by atoms with Crippen LogP contribution in [-0.2, 0) is 25.5 Å². The van der Waals surface area contributed by atoms with E-state index in [2.05, 4.69) is 15.0 Å². The van der Waals surface area contributed by atoms with Crippen LogP contribution in [0.5, 0.6) is 0 Å². The second kappa shape index (κ2) is 8.23. The lowest BCUT2D eigenvalue weighted by molar-refractivity contribution is -0.139. The zero-order chi connectivity index (χ0) is 19.4. The number of carbonyl (C=O) groups excluding carboxylic acids is 3. The maximum Gasteiger partial charge on any atom is 0.348 e. The molecule has 1 N–H and O–H groups in total. The normalized spacial score (nSPS) is 10.6. The van der Waals surface area contributed by atoms with E-state index >= 15 is 0 Å². The second-order valence-electron chi connectivity index (χ2n) is 5.31. The molecule has 3 rings (SSSR count). The molecule has 27 heavy (non-hydrogen) atoms. The van der Waals surface area contributed by atoms with E-state index in [1.54, 1.807) is 11.4 Å². The molecule has 2 aromatic heterocycles. The number of amides is 1. The molecule has 7 nitrogen and oxygen atoms in total. The van der Waals surface area contributed by atoms with E-state index < -0.39 is 30.3 Å². The van der Waals surface area contributed by atoms with Crippen molar-refractivity contribution in [3.8, 4) is 0 Å². The maximum atomic E-state index is 13.2. The number of esters is 2. The SMILES string of the molecule is COC(=O)Cc1csc(NC(=O)COC(=O)c2cc3cc(F)ccc3s2)n1. The van der Waals surface area contributed by atoms with E-state index in [1.807, 2.05) is 0 Å². The van der Waals surface area contributed by atoms with Gasteiger partial charge in [-0.15, -0.1) is 22.7 Å². The van der Waals surface area contributed by atoms with Crippen molar-refractivity contribution in [3.05, 3.63) is 46.0 Å². The lowest BCUT2D eigenvalue weighted by Gasteiger charge is -2.03. The molecule has 140 valence electrons. The lowest BCUT2D eigenvalue weighted by Crippen LogP contribution is -2.20. The van der Waals surface area contributed by atoms with Gasteiger partial charge >= 0.3 is 11.9 Å². The Morgan fingerprint density at radius 1 is 1.26 bits per heavy atom. The smallest absolute Gasteiger partial charge is 0.348 e. The predicted molar refractivity (Wildman–Crippen MR) is 98.5 cm³/mol. The molecule has 0 saturated carbocycles. The first kappa shape index (κ1) is 18.9. The van der Waals surface area contributed by atoms with Crippen molar-refractivity contribution >= 4 is 55.7 Å². The first-order valence-corrected chi connectivity index (χ1v) is 9.31. The van der Waals surface area contributed by atoms with Crippen molar-refractivity contribution in [2.75, 3.05) is 19.0 Å². The van der Waals surface area contributed by atoms with Gasteiger partial charge in [0.1, 0.15) is 10.7 Å². The zero-order valence-corrected chi connectivity index (χ0v) is 15.6. The average molecular weight is 408 g/mol. The number of thiophene rings is 1. The van der Waals surface area contributed by atoms with Crippen molar-refractivity contribution in [2.24, 2.45) is 0 Å². The molecule has 3 aromatic rings. The summed E-state index contributed by atoms with van der Waals surface area (Å²) < 4.78 is 23.5. The number of nitrogens with one attached hydrogen (secondary N) is 1. The van der Waals surface area contributed by atoms with Gasteiger partial charge in [-0.25, -0.2) is 14.2 Å². The fourth-order valence-corrected chi connectivity index (χ4v) is 3.80. The van der Waals surface area contributed by atoms with Gasteiger partial charge in [-0.1, -0.05) is 0 Å². The van der Waals surface area contributed by atoms with E-state index in [9.17, 15) is 18.8 Å². The number of anilines is 1. The van der Waals surface area contributed by atoms with Crippen LogP contribution < -0.4 is 5.32 Å². The summed E-state index contributed by atoms with van der Waals surface area (Å²) in [5.41, 5.74) is 0.469. The first-order chi connectivity index (χ1) is 12.9. The maximum absolute atomic E-state index is 13.2. The third kappa shape index (κ3) is 4.86. The van der Waals surface area contributed by atoms with E-state index in [4.69, 9.17) is 4.74 Å². The molecule has 0 aliphatic rings. The molecule has 1 amide bonds. The van der Waals surface area contributed by atoms with Crippen molar-refractivity contribution in [2.45, 2.75) is 6.42 Å². The molecule has 0 fully saturated rings. The number of rotatable bonds is 6. The Labute approximate surface area is 160 Å². The number of methoxy groups -OCH3 is 1. The fraction of sp³-hybridized carbons (Fsp3) is 0.176. The predicted octanol–water partition coefficient (Wildman–Crippen LogP) is 3.01. The molecule has 0 spiro atoms. The number of nitrogens with zero attached hydrogens (tertiary/aromatic N) is 1. The monoisotopic (exact) mass is 408 g/mol. The fourth-order valence-electron chi connectivity index (χ4n) is 2.14. The van der Waals surface area contributed by atoms with Gasteiger partial charge in [0.05, 0.1) is 19.2 Å². The van der Waals surface area contributed by atoms with Crippen LogP contribution in [0.2, 0.25) is 0 Å². The molecule has 0 radical (unpaired) electrons. The molecule has 1 aromatic carbocycles. The van der Waals surface area contributed by atoms with Gasteiger partial charge < -0.3 is 9.47 Å². The van der Waals surface area contributed by atoms with Crippen LogP contribution >= 0.6 is 22.7 Å². The summed E-state index contributed by atoms with van der Waals surface area (Å²) in [6.45, 7) is -0.493. The molecule has 0 aliphatic carbocycles. The highest BCUT2D eigenvalue weighted by Gasteiger charge is 2.15. The number of fused-ring (bicyclic) bond motifs is 1. The number of ether oxygens (including phenoxy) is 2. The molecule has 0 aliphatic heterocycles. The van der Waals surface area contributed by atoms with Crippen LogP contribution in [0.1, 0.15) is 15.4 Å². The molecule has 10 heteroatoms. The van der Waals surface area contributed by atoms with Crippen molar-refractivity contribution in [1.29, 1.82) is 0 Å². The van der Waals surface area contributed by atoms with Gasteiger partial charge in [0.2, 0.25) is 0 Å². The van der Waals surface area contributed by atoms with Crippen molar-refractivity contribution < 1.29 is 28.2 Å². The van der Waals surface area contributed by atoms with Crippen LogP contribution in [-0.4, -0.2) is 36.5 Å². The van der Waals surface area contributed by atoms with Crippen LogP contribution in [0, 0.1) is 5.82 Å². The number of hydrogen-bond donors (Lipinski definition) is 1. The quantitative estimate of drug-likeness (QED) is 0.630. The standard InChI is InChI=1S/C17H13FN2O5S2/c1-24-15(22)6-11-8-26-17(19-11)20-14(21)7-25-16(23)13-5-9-4-10(18)2-3-12(9)27-13/h2-5,8H,6-7H2,1H3,(H,19,20,21). The highest BCUT2D eigenvalue weighted by Crippen LogP contribution is 2.26. The molecular formula is C17H13FN2O5S2. The molecular weight excluding hydrogens is 395 g/mol. The Morgan fingerprint density at radius 3 is 2.85 bits per heavy atom. The minimum Gasteiger partial charge on any atom is -0.469 e. The number of halogens is 1. The van der Waals surface area contributed by atoms with E-state index in [0.29, 0.717) is 11.1 Å². The molecule has 0 saturated heterocycles. The summed E-state index contributed by atoms with van der Waals surface area (Å²) >= 11 is 2.29. The highest BCUT2D eigenvalue weighted by atomic mass is 32.1. The topological polar surface area (TPSA) is 94.6 Å². The summed E-state index contributed by atoms with van der Waals surface area (Å²) in [4.78, 5) is 39.5. The molecule has 0 atom stereocenters. The van der Waals surface area contributed by atoms with Crippen LogP contribution in [0.3, 0.4) is 0 Å². The number of carbonyl (C=O) groups is 3. The second-order valence-corrected chi connectivity index (χ2v) is 7.26. The van der Waals surface area contributed by atoms with E-state index in [0.717, 1.165) is 27.4 Å². The van der Waals surface area contributed by atoms with Gasteiger partial charge in [0.25, 0.3) is 5.91 Å². The third-order valence-electron chi connectivity index (χ3n) is 3.37. The van der Waals surface area contributed by atoms with Crippen molar-refractivity contribution in [1.82, 2.24) is 4.98 Å². The Bertz CT molecular complexity index is 1010.